The van der Waals surface area contributed by atoms with Gasteiger partial charge in [-0.25, -0.2) is 0 Å². The second-order valence-electron chi connectivity index (χ2n) is 4.28. The molecule has 12 heavy (non-hydrogen) atoms. The lowest BCUT2D eigenvalue weighted by Gasteiger charge is -2.55. The summed E-state index contributed by atoms with van der Waals surface area (Å²) in [4.78, 5) is 0. The summed E-state index contributed by atoms with van der Waals surface area (Å²) in [5, 5.41) is 0. The highest BCUT2D eigenvalue weighted by Crippen LogP contribution is 2.38. The third-order valence-electron chi connectivity index (χ3n) is 3.91. The molecule has 0 amide bonds. The fraction of sp³-hybridized carbons (Fsp3) is 1.00. The molecule has 0 spiro atoms. The van der Waals surface area contributed by atoms with Crippen LogP contribution in [0.5, 0.6) is 0 Å². The van der Waals surface area contributed by atoms with Crippen molar-refractivity contribution in [3.8, 4) is 0 Å². The maximum atomic E-state index is 4.08. The summed E-state index contributed by atoms with van der Waals surface area (Å²) >= 11 is 0. The summed E-state index contributed by atoms with van der Waals surface area (Å²) in [7, 11) is -1.71. The minimum absolute atomic E-state index is 0.856. The van der Waals surface area contributed by atoms with Crippen LogP contribution in [-0.4, -0.2) is 16.5 Å². The van der Waals surface area contributed by atoms with Gasteiger partial charge in [-0.1, -0.05) is 27.7 Å². The van der Waals surface area contributed by atoms with Gasteiger partial charge in [-0.15, -0.1) is 0 Å². The quantitative estimate of drug-likeness (QED) is 0.689. The Labute approximate surface area is 79.1 Å². The van der Waals surface area contributed by atoms with Crippen molar-refractivity contribution in [3.63, 3.8) is 0 Å². The lowest BCUT2D eigenvalue weighted by molar-refractivity contribution is 0.988. The van der Waals surface area contributed by atoms with Crippen LogP contribution in [0.2, 0.25) is 29.8 Å². The zero-order valence-electron chi connectivity index (χ0n) is 9.04. The van der Waals surface area contributed by atoms with Gasteiger partial charge in [0.2, 0.25) is 0 Å². The van der Waals surface area contributed by atoms with E-state index in [-0.39, 0.29) is 0 Å². The Kier molecular flexibility index (Phi) is 3.18. The van der Waals surface area contributed by atoms with E-state index in [1.165, 1.54) is 24.2 Å². The Bertz CT molecular complexity index is 125. The molecule has 0 radical (unpaired) electrons. The number of hydrogen-bond acceptors (Lipinski definition) is 1. The Hall–Kier alpha value is 0.394. The fourth-order valence-electron chi connectivity index (χ4n) is 2.55. The maximum absolute atomic E-state index is 4.08. The third kappa shape index (κ3) is 1.54. The van der Waals surface area contributed by atoms with Crippen LogP contribution >= 0.6 is 0 Å². The van der Waals surface area contributed by atoms with Gasteiger partial charge in [0, 0.05) is 0 Å². The molecule has 0 aliphatic carbocycles. The summed E-state index contributed by atoms with van der Waals surface area (Å²) in [6.45, 7) is 9.53. The van der Waals surface area contributed by atoms with Crippen LogP contribution < -0.4 is 4.65 Å². The van der Waals surface area contributed by atoms with Crippen LogP contribution in [0.3, 0.4) is 0 Å². The van der Waals surface area contributed by atoms with E-state index < -0.39 is 16.5 Å². The molecule has 1 aliphatic rings. The first kappa shape index (κ1) is 10.5. The number of nitrogens with one attached hydrogen (secondary N) is 1. The molecule has 0 bridgehead atoms. The van der Waals surface area contributed by atoms with Crippen LogP contribution in [0, 0.1) is 0 Å². The van der Waals surface area contributed by atoms with Gasteiger partial charge >= 0.3 is 0 Å². The second kappa shape index (κ2) is 3.64. The van der Waals surface area contributed by atoms with Crippen LogP contribution in [0.25, 0.3) is 0 Å². The molecule has 0 saturated carbocycles. The van der Waals surface area contributed by atoms with Crippen molar-refractivity contribution in [3.05, 3.63) is 0 Å². The van der Waals surface area contributed by atoms with Gasteiger partial charge in [0.25, 0.3) is 0 Å². The minimum atomic E-state index is -0.856. The zero-order valence-corrected chi connectivity index (χ0v) is 11.0. The summed E-state index contributed by atoms with van der Waals surface area (Å²) in [5.74, 6) is 0. The van der Waals surface area contributed by atoms with Gasteiger partial charge < -0.3 is 4.65 Å². The lowest BCUT2D eigenvalue weighted by Crippen LogP contribution is -2.77. The van der Waals surface area contributed by atoms with Crippen molar-refractivity contribution in [1.29, 1.82) is 0 Å². The highest BCUT2D eigenvalue weighted by molar-refractivity contribution is 7.10. The van der Waals surface area contributed by atoms with Crippen LogP contribution in [0.15, 0.2) is 0 Å². The molecule has 1 N–H and O–H groups in total. The third-order valence-corrected chi connectivity index (χ3v) is 19.0. The predicted octanol–water partition coefficient (Wildman–Crippen LogP) is 3.10. The average Bonchev–Trinajstić information content (AvgIpc) is 2.07. The molecule has 1 rings (SSSR count). The number of rotatable bonds is 4. The van der Waals surface area contributed by atoms with Crippen molar-refractivity contribution in [2.45, 2.75) is 57.5 Å². The first-order valence-electron chi connectivity index (χ1n) is 5.45. The Morgan fingerprint density at radius 2 is 1.08 bits per heavy atom. The van der Waals surface area contributed by atoms with E-state index in [9.17, 15) is 0 Å². The van der Waals surface area contributed by atoms with Crippen molar-refractivity contribution in [1.82, 2.24) is 4.65 Å². The van der Waals surface area contributed by atoms with Gasteiger partial charge in [0.1, 0.15) is 16.5 Å². The van der Waals surface area contributed by atoms with E-state index in [0.29, 0.717) is 0 Å². The first-order chi connectivity index (χ1) is 5.66. The SMILES string of the molecule is CC[Si]1(CC)C[Si](CC)(CC)N1. The maximum Gasteiger partial charge on any atom is 0.117 e. The summed E-state index contributed by atoms with van der Waals surface area (Å²) in [6, 6.07) is 5.83. The molecule has 3 heteroatoms. The molecule has 0 aromatic rings. The Morgan fingerprint density at radius 3 is 1.25 bits per heavy atom. The molecular weight excluding hydrogens is 178 g/mol. The van der Waals surface area contributed by atoms with Crippen LogP contribution in [0.1, 0.15) is 27.7 Å². The van der Waals surface area contributed by atoms with Gasteiger partial charge in [0.15, 0.2) is 0 Å². The molecule has 1 fully saturated rings. The Balaban J connectivity index is 2.52. The fourth-order valence-corrected chi connectivity index (χ4v) is 19.9. The summed E-state index contributed by atoms with van der Waals surface area (Å²) < 4.78 is 4.08. The molecule has 0 aromatic carbocycles. The van der Waals surface area contributed by atoms with E-state index >= 15 is 0 Å². The lowest BCUT2D eigenvalue weighted by atomic mass is 10.9. The molecule has 72 valence electrons. The molecule has 0 aromatic heterocycles. The molecule has 1 saturated heterocycles. The molecule has 1 heterocycles. The van der Waals surface area contributed by atoms with E-state index in [1.807, 2.05) is 0 Å². The predicted molar refractivity (Wildman–Crippen MR) is 61.4 cm³/mol. The largest absolute Gasteiger partial charge is 0.359 e. The monoisotopic (exact) mass is 201 g/mol. The minimum Gasteiger partial charge on any atom is -0.359 e. The van der Waals surface area contributed by atoms with Gasteiger partial charge in [-0.3, -0.25) is 0 Å². The van der Waals surface area contributed by atoms with Gasteiger partial charge in [-0.05, 0) is 29.8 Å². The Morgan fingerprint density at radius 1 is 0.833 bits per heavy atom. The van der Waals surface area contributed by atoms with Crippen molar-refractivity contribution in [2.75, 3.05) is 0 Å². The first-order valence-corrected chi connectivity index (χ1v) is 10.7. The molecule has 0 unspecified atom stereocenters. The topological polar surface area (TPSA) is 12.0 Å². The van der Waals surface area contributed by atoms with Crippen molar-refractivity contribution < 1.29 is 0 Å². The highest BCUT2D eigenvalue weighted by atomic mass is 28.5. The normalized spacial score (nSPS) is 25.0. The zero-order chi connectivity index (χ0) is 9.24. The van der Waals surface area contributed by atoms with E-state index in [4.69, 9.17) is 0 Å². The van der Waals surface area contributed by atoms with Crippen LogP contribution in [-0.2, 0) is 0 Å². The van der Waals surface area contributed by atoms with E-state index in [1.54, 1.807) is 5.67 Å². The van der Waals surface area contributed by atoms with E-state index in [2.05, 4.69) is 32.3 Å². The molecule has 1 aliphatic heterocycles. The molecular formula is C9H23NSi2. The van der Waals surface area contributed by atoms with Crippen LogP contribution in [0.4, 0.5) is 0 Å². The summed E-state index contributed by atoms with van der Waals surface area (Å²) in [5.41, 5.74) is 1.67. The second-order valence-corrected chi connectivity index (χ2v) is 14.6. The summed E-state index contributed by atoms with van der Waals surface area (Å²) in [6.07, 6.45) is 0. The number of hydrogen-bond donors (Lipinski definition) is 1. The van der Waals surface area contributed by atoms with Gasteiger partial charge in [-0.2, -0.15) is 0 Å². The van der Waals surface area contributed by atoms with Gasteiger partial charge in [0.05, 0.1) is 0 Å². The van der Waals surface area contributed by atoms with Crippen molar-refractivity contribution >= 4 is 16.5 Å². The van der Waals surface area contributed by atoms with Crippen molar-refractivity contribution in [2.24, 2.45) is 0 Å². The molecule has 0 atom stereocenters. The van der Waals surface area contributed by atoms with E-state index in [0.717, 1.165) is 0 Å². The highest BCUT2D eigenvalue weighted by Gasteiger charge is 2.52. The average molecular weight is 201 g/mol. The smallest absolute Gasteiger partial charge is 0.117 e. The standard InChI is InChI=1S/C9H23NSi2/c1-5-11(6-2)9-12(7-3,8-4)10-11/h10H,5-9H2,1-4H3. The molecule has 1 nitrogen and oxygen atoms in total.